The molecule has 0 bridgehead atoms. The van der Waals surface area contributed by atoms with Crippen LogP contribution in [0.2, 0.25) is 0 Å². The summed E-state index contributed by atoms with van der Waals surface area (Å²) in [6.45, 7) is 4.80. The van der Waals surface area contributed by atoms with Crippen molar-refractivity contribution in [3.63, 3.8) is 0 Å². The zero-order valence-corrected chi connectivity index (χ0v) is 14.1. The van der Waals surface area contributed by atoms with E-state index in [1.165, 1.54) is 11.0 Å². The molecule has 2 amide bonds. The Kier molecular flexibility index (Phi) is 5.14. The lowest BCUT2D eigenvalue weighted by Crippen LogP contribution is -2.59. The van der Waals surface area contributed by atoms with E-state index in [0.717, 1.165) is 6.42 Å². The fourth-order valence-electron chi connectivity index (χ4n) is 3.68. The number of likely N-dealkylation sites (tertiary alicyclic amines) is 1. The van der Waals surface area contributed by atoms with E-state index in [2.05, 4.69) is 4.90 Å². The van der Waals surface area contributed by atoms with E-state index in [4.69, 9.17) is 0 Å². The summed E-state index contributed by atoms with van der Waals surface area (Å²) in [5, 5.41) is 0. The summed E-state index contributed by atoms with van der Waals surface area (Å²) in [7, 11) is 0. The molecule has 0 aromatic heterocycles. The number of piperidine rings is 1. The average molecular weight is 333 g/mol. The number of halogens is 1. The van der Waals surface area contributed by atoms with Gasteiger partial charge in [-0.25, -0.2) is 4.39 Å². The Bertz CT molecular complexity index is 598. The summed E-state index contributed by atoms with van der Waals surface area (Å²) in [6, 6.07) is 6.79. The van der Waals surface area contributed by atoms with E-state index in [1.807, 2.05) is 17.9 Å². The van der Waals surface area contributed by atoms with E-state index in [1.54, 1.807) is 12.1 Å². The third-order valence-electron chi connectivity index (χ3n) is 4.91. The Morgan fingerprint density at radius 3 is 2.25 bits per heavy atom. The summed E-state index contributed by atoms with van der Waals surface area (Å²) in [5.74, 6) is -0.330. The quantitative estimate of drug-likeness (QED) is 0.793. The van der Waals surface area contributed by atoms with Crippen LogP contribution in [-0.2, 0) is 9.59 Å². The molecule has 2 saturated heterocycles. The van der Waals surface area contributed by atoms with Crippen molar-refractivity contribution < 1.29 is 14.0 Å². The summed E-state index contributed by atoms with van der Waals surface area (Å²) in [4.78, 5) is 30.1. The van der Waals surface area contributed by atoms with Gasteiger partial charge in [0.2, 0.25) is 11.8 Å². The van der Waals surface area contributed by atoms with Gasteiger partial charge in [-0.05, 0) is 25.0 Å². The lowest BCUT2D eigenvalue weighted by Gasteiger charge is -2.44. The van der Waals surface area contributed by atoms with Crippen LogP contribution in [0, 0.1) is 5.82 Å². The number of carbonyl (C=O) groups is 2. The highest BCUT2D eigenvalue weighted by Gasteiger charge is 2.36. The predicted octanol–water partition coefficient (Wildman–Crippen LogP) is 2.22. The molecule has 24 heavy (non-hydrogen) atoms. The van der Waals surface area contributed by atoms with Crippen LogP contribution < -0.4 is 4.90 Å². The molecular formula is C18H24FN3O2. The predicted molar refractivity (Wildman–Crippen MR) is 90.0 cm³/mol. The molecule has 2 aliphatic rings. The standard InChI is InChI=1S/C18H24FN3O2/c1-2-16(22-17(23)8-5-9-18(22)24)21-12-10-20(11-13-21)15-7-4-3-6-14(15)19/h3-4,6-7,16H,2,5,8-13H2,1H3. The third kappa shape index (κ3) is 3.29. The van der Waals surface area contributed by atoms with E-state index in [9.17, 15) is 14.0 Å². The molecule has 0 radical (unpaired) electrons. The van der Waals surface area contributed by atoms with E-state index >= 15 is 0 Å². The number of para-hydroxylation sites is 1. The first-order valence-electron chi connectivity index (χ1n) is 8.70. The average Bonchev–Trinajstić information content (AvgIpc) is 2.59. The van der Waals surface area contributed by atoms with Crippen LogP contribution >= 0.6 is 0 Å². The van der Waals surface area contributed by atoms with E-state index < -0.39 is 0 Å². The molecule has 5 nitrogen and oxygen atoms in total. The molecule has 2 aliphatic heterocycles. The van der Waals surface area contributed by atoms with E-state index in [0.29, 0.717) is 51.1 Å². The fourth-order valence-corrected chi connectivity index (χ4v) is 3.68. The molecular weight excluding hydrogens is 309 g/mol. The summed E-state index contributed by atoms with van der Waals surface area (Å²) >= 11 is 0. The second-order valence-electron chi connectivity index (χ2n) is 6.37. The second kappa shape index (κ2) is 7.30. The van der Waals surface area contributed by atoms with Crippen LogP contribution in [-0.4, -0.2) is 54.0 Å². The molecule has 2 heterocycles. The van der Waals surface area contributed by atoms with Crippen molar-refractivity contribution in [3.05, 3.63) is 30.1 Å². The van der Waals surface area contributed by atoms with Crippen LogP contribution in [0.25, 0.3) is 0 Å². The highest BCUT2D eigenvalue weighted by molar-refractivity contribution is 5.97. The minimum atomic E-state index is -0.209. The van der Waals surface area contributed by atoms with Crippen LogP contribution in [0.4, 0.5) is 10.1 Å². The molecule has 1 unspecified atom stereocenters. The van der Waals surface area contributed by atoms with Crippen molar-refractivity contribution in [2.45, 2.75) is 38.8 Å². The van der Waals surface area contributed by atoms with Crippen molar-refractivity contribution in [2.24, 2.45) is 0 Å². The van der Waals surface area contributed by atoms with Gasteiger partial charge in [-0.1, -0.05) is 19.1 Å². The monoisotopic (exact) mass is 333 g/mol. The summed E-state index contributed by atoms with van der Waals surface area (Å²) < 4.78 is 13.9. The Morgan fingerprint density at radius 2 is 1.67 bits per heavy atom. The SMILES string of the molecule is CCC(N1CCN(c2ccccc2F)CC1)N1C(=O)CCCC1=O. The van der Waals surface area contributed by atoms with Gasteiger partial charge in [-0.15, -0.1) is 0 Å². The highest BCUT2D eigenvalue weighted by atomic mass is 19.1. The second-order valence-corrected chi connectivity index (χ2v) is 6.37. The normalized spacial score (nSPS) is 21.2. The first kappa shape index (κ1) is 16.9. The molecule has 0 spiro atoms. The van der Waals surface area contributed by atoms with Gasteiger partial charge in [-0.2, -0.15) is 0 Å². The van der Waals surface area contributed by atoms with Gasteiger partial charge in [0.1, 0.15) is 5.82 Å². The molecule has 0 saturated carbocycles. The van der Waals surface area contributed by atoms with Crippen LogP contribution in [0.1, 0.15) is 32.6 Å². The molecule has 2 fully saturated rings. The van der Waals surface area contributed by atoms with Crippen molar-refractivity contribution in [3.8, 4) is 0 Å². The van der Waals surface area contributed by atoms with Crippen molar-refractivity contribution >= 4 is 17.5 Å². The Labute approximate surface area is 142 Å². The van der Waals surface area contributed by atoms with Gasteiger partial charge in [0.15, 0.2) is 0 Å². The summed E-state index contributed by atoms with van der Waals surface area (Å²) in [5.41, 5.74) is 0.621. The molecule has 3 rings (SSSR count). The van der Waals surface area contributed by atoms with Gasteiger partial charge in [-0.3, -0.25) is 19.4 Å². The van der Waals surface area contributed by atoms with Gasteiger partial charge in [0, 0.05) is 39.0 Å². The zero-order chi connectivity index (χ0) is 17.1. The number of anilines is 1. The topological polar surface area (TPSA) is 43.9 Å². The molecule has 6 heteroatoms. The molecule has 1 aromatic rings. The van der Waals surface area contributed by atoms with Crippen molar-refractivity contribution in [1.29, 1.82) is 0 Å². The molecule has 0 aliphatic carbocycles. The number of nitrogens with zero attached hydrogens (tertiary/aromatic N) is 3. The Morgan fingerprint density at radius 1 is 1.04 bits per heavy atom. The maximum atomic E-state index is 13.9. The number of amides is 2. The molecule has 1 aromatic carbocycles. The number of carbonyl (C=O) groups excluding carboxylic acids is 2. The minimum Gasteiger partial charge on any atom is -0.367 e. The van der Waals surface area contributed by atoms with Crippen LogP contribution in [0.3, 0.4) is 0 Å². The first-order chi connectivity index (χ1) is 11.6. The smallest absolute Gasteiger partial charge is 0.230 e. The number of piperazine rings is 1. The molecule has 1 atom stereocenters. The van der Waals surface area contributed by atoms with Crippen LogP contribution in [0.15, 0.2) is 24.3 Å². The fraction of sp³-hybridized carbons (Fsp3) is 0.556. The lowest BCUT2D eigenvalue weighted by atomic mass is 10.1. The highest BCUT2D eigenvalue weighted by Crippen LogP contribution is 2.24. The van der Waals surface area contributed by atoms with Gasteiger partial charge < -0.3 is 4.90 Å². The van der Waals surface area contributed by atoms with E-state index in [-0.39, 0.29) is 23.8 Å². The maximum absolute atomic E-state index is 13.9. The summed E-state index contributed by atoms with van der Waals surface area (Å²) in [6.07, 6.45) is 2.12. The third-order valence-corrected chi connectivity index (χ3v) is 4.91. The largest absolute Gasteiger partial charge is 0.367 e. The lowest BCUT2D eigenvalue weighted by molar-refractivity contribution is -0.156. The van der Waals surface area contributed by atoms with Crippen molar-refractivity contribution in [2.75, 3.05) is 31.1 Å². The van der Waals surface area contributed by atoms with Crippen LogP contribution in [0.5, 0.6) is 0 Å². The zero-order valence-electron chi connectivity index (χ0n) is 14.1. The maximum Gasteiger partial charge on any atom is 0.230 e. The first-order valence-corrected chi connectivity index (χ1v) is 8.70. The number of rotatable bonds is 4. The Balaban J connectivity index is 1.67. The van der Waals surface area contributed by atoms with Gasteiger partial charge in [0.05, 0.1) is 11.9 Å². The number of benzene rings is 1. The number of hydrogen-bond acceptors (Lipinski definition) is 4. The Hall–Kier alpha value is -1.95. The van der Waals surface area contributed by atoms with Gasteiger partial charge >= 0.3 is 0 Å². The minimum absolute atomic E-state index is 0.0605. The van der Waals surface area contributed by atoms with Crippen molar-refractivity contribution in [1.82, 2.24) is 9.80 Å². The van der Waals surface area contributed by atoms with Gasteiger partial charge in [0.25, 0.3) is 0 Å². The molecule has 0 N–H and O–H groups in total. The number of imide groups is 1. The molecule has 130 valence electrons. The number of hydrogen-bond donors (Lipinski definition) is 0.